The number of hydrogen-bond acceptors (Lipinski definition) is 5. The van der Waals surface area contributed by atoms with Crippen LogP contribution in [0.15, 0.2) is 58.3 Å². The lowest BCUT2D eigenvalue weighted by Gasteiger charge is -2.15. The smallest absolute Gasteiger partial charge is 0.240 e. The highest BCUT2D eigenvalue weighted by Crippen LogP contribution is 2.19. The summed E-state index contributed by atoms with van der Waals surface area (Å²) in [5, 5.41) is 0. The van der Waals surface area contributed by atoms with Crippen LogP contribution in [0.4, 0.5) is 0 Å². The second-order valence-corrected chi connectivity index (χ2v) is 10.3. The minimum atomic E-state index is -3.86. The third-order valence-corrected chi connectivity index (χ3v) is 6.60. The molecular weight excluding hydrogens is 372 g/mol. The van der Waals surface area contributed by atoms with Crippen molar-refractivity contribution in [3.8, 4) is 0 Å². The molecule has 0 saturated carbocycles. The van der Waals surface area contributed by atoms with Crippen molar-refractivity contribution in [1.29, 1.82) is 0 Å². The fourth-order valence-corrected chi connectivity index (χ4v) is 4.25. The number of sulfonamides is 1. The number of rotatable bonds is 7. The van der Waals surface area contributed by atoms with Crippen LogP contribution in [-0.2, 0) is 19.9 Å². The minimum Gasteiger partial charge on any atom is -0.323 e. The maximum absolute atomic E-state index is 12.4. The van der Waals surface area contributed by atoms with E-state index >= 15 is 0 Å². The molecule has 0 saturated heterocycles. The second-order valence-electron chi connectivity index (χ2n) is 6.53. The SMILES string of the molecule is CC(C)c1ccc(C(N)CNS(=O)(=O)c2cccc(S(C)(=O)=O)c2)cc1. The third-order valence-electron chi connectivity index (χ3n) is 4.07. The molecule has 0 aliphatic rings. The molecule has 26 heavy (non-hydrogen) atoms. The summed E-state index contributed by atoms with van der Waals surface area (Å²) in [5.41, 5.74) is 8.08. The quantitative estimate of drug-likeness (QED) is 0.746. The Labute approximate surface area is 155 Å². The van der Waals surface area contributed by atoms with Crippen LogP contribution >= 0.6 is 0 Å². The molecule has 0 amide bonds. The van der Waals surface area contributed by atoms with Crippen LogP contribution in [0.1, 0.15) is 36.9 Å². The summed E-state index contributed by atoms with van der Waals surface area (Å²) in [5.74, 6) is 0.404. The van der Waals surface area contributed by atoms with E-state index < -0.39 is 25.9 Å². The summed E-state index contributed by atoms with van der Waals surface area (Å²) < 4.78 is 50.5. The number of nitrogens with one attached hydrogen (secondary N) is 1. The summed E-state index contributed by atoms with van der Waals surface area (Å²) in [4.78, 5) is -0.156. The number of sulfone groups is 1. The molecule has 0 radical (unpaired) electrons. The van der Waals surface area contributed by atoms with Crippen LogP contribution in [0.2, 0.25) is 0 Å². The highest BCUT2D eigenvalue weighted by Gasteiger charge is 2.18. The van der Waals surface area contributed by atoms with Gasteiger partial charge in [0.1, 0.15) is 0 Å². The van der Waals surface area contributed by atoms with Crippen molar-refractivity contribution in [2.75, 3.05) is 12.8 Å². The number of hydrogen-bond donors (Lipinski definition) is 2. The molecule has 142 valence electrons. The van der Waals surface area contributed by atoms with E-state index in [2.05, 4.69) is 18.6 Å². The van der Waals surface area contributed by atoms with Gasteiger partial charge >= 0.3 is 0 Å². The number of nitrogens with two attached hydrogens (primary N) is 1. The van der Waals surface area contributed by atoms with Crippen molar-refractivity contribution in [3.05, 3.63) is 59.7 Å². The van der Waals surface area contributed by atoms with E-state index in [0.29, 0.717) is 5.92 Å². The first-order chi connectivity index (χ1) is 12.0. The van der Waals surface area contributed by atoms with Gasteiger partial charge in [-0.25, -0.2) is 21.6 Å². The highest BCUT2D eigenvalue weighted by molar-refractivity contribution is 7.91. The van der Waals surface area contributed by atoms with Gasteiger partial charge in [0.2, 0.25) is 10.0 Å². The van der Waals surface area contributed by atoms with E-state index in [1.807, 2.05) is 24.3 Å². The predicted octanol–water partition coefficient (Wildman–Crippen LogP) is 2.19. The van der Waals surface area contributed by atoms with Gasteiger partial charge in [0.25, 0.3) is 0 Å². The first kappa shape index (κ1) is 20.6. The zero-order valence-electron chi connectivity index (χ0n) is 15.0. The molecule has 0 fully saturated rings. The lowest BCUT2D eigenvalue weighted by atomic mass is 9.99. The van der Waals surface area contributed by atoms with Crippen molar-refractivity contribution < 1.29 is 16.8 Å². The molecule has 2 rings (SSSR count). The Balaban J connectivity index is 2.12. The van der Waals surface area contributed by atoms with E-state index in [-0.39, 0.29) is 16.3 Å². The average Bonchev–Trinajstić information content (AvgIpc) is 2.59. The van der Waals surface area contributed by atoms with Crippen LogP contribution in [0, 0.1) is 0 Å². The van der Waals surface area contributed by atoms with Crippen LogP contribution < -0.4 is 10.5 Å². The van der Waals surface area contributed by atoms with E-state index in [0.717, 1.165) is 17.9 Å². The van der Waals surface area contributed by atoms with Crippen molar-refractivity contribution >= 4 is 19.9 Å². The van der Waals surface area contributed by atoms with Gasteiger partial charge in [-0.05, 0) is 35.2 Å². The summed E-state index contributed by atoms with van der Waals surface area (Å²) in [6, 6.07) is 12.5. The minimum absolute atomic E-state index is 0.00641. The lowest BCUT2D eigenvalue weighted by Crippen LogP contribution is -2.32. The Bertz CT molecular complexity index is 967. The Hall–Kier alpha value is -1.74. The van der Waals surface area contributed by atoms with Gasteiger partial charge in [0.05, 0.1) is 9.79 Å². The van der Waals surface area contributed by atoms with Gasteiger partial charge in [0.15, 0.2) is 9.84 Å². The summed E-state index contributed by atoms with van der Waals surface area (Å²) in [6.07, 6.45) is 1.03. The maximum Gasteiger partial charge on any atom is 0.240 e. The topological polar surface area (TPSA) is 106 Å². The molecule has 6 nitrogen and oxygen atoms in total. The lowest BCUT2D eigenvalue weighted by molar-refractivity contribution is 0.572. The van der Waals surface area contributed by atoms with E-state index in [1.165, 1.54) is 23.8 Å². The Morgan fingerprint density at radius 3 is 2.00 bits per heavy atom. The molecule has 0 aromatic heterocycles. The molecule has 2 aromatic carbocycles. The fraction of sp³-hybridized carbons (Fsp3) is 0.333. The molecular formula is C18H24N2O4S2. The number of benzene rings is 2. The fourth-order valence-electron chi connectivity index (χ4n) is 2.40. The van der Waals surface area contributed by atoms with E-state index in [9.17, 15) is 16.8 Å². The Kier molecular flexibility index (Phi) is 6.23. The first-order valence-electron chi connectivity index (χ1n) is 8.16. The molecule has 0 aliphatic heterocycles. The van der Waals surface area contributed by atoms with E-state index in [1.54, 1.807) is 0 Å². The Morgan fingerprint density at radius 1 is 0.923 bits per heavy atom. The van der Waals surface area contributed by atoms with Crippen molar-refractivity contribution in [2.45, 2.75) is 35.6 Å². The van der Waals surface area contributed by atoms with Crippen LogP contribution in [-0.4, -0.2) is 29.6 Å². The summed E-state index contributed by atoms with van der Waals surface area (Å²) >= 11 is 0. The molecule has 0 spiro atoms. The molecule has 8 heteroatoms. The van der Waals surface area contributed by atoms with Gasteiger partial charge < -0.3 is 5.73 Å². The molecule has 1 unspecified atom stereocenters. The average molecular weight is 397 g/mol. The van der Waals surface area contributed by atoms with Gasteiger partial charge in [-0.3, -0.25) is 0 Å². The van der Waals surface area contributed by atoms with Gasteiger partial charge in [-0.2, -0.15) is 0 Å². The largest absolute Gasteiger partial charge is 0.323 e. The van der Waals surface area contributed by atoms with Crippen LogP contribution in [0.5, 0.6) is 0 Å². The Morgan fingerprint density at radius 2 is 1.46 bits per heavy atom. The van der Waals surface area contributed by atoms with Crippen LogP contribution in [0.25, 0.3) is 0 Å². The van der Waals surface area contributed by atoms with Gasteiger partial charge in [-0.1, -0.05) is 44.2 Å². The first-order valence-corrected chi connectivity index (χ1v) is 11.5. The van der Waals surface area contributed by atoms with Gasteiger partial charge in [0, 0.05) is 18.8 Å². The normalized spacial score (nSPS) is 13.7. The molecule has 3 N–H and O–H groups in total. The standard InChI is InChI=1S/C18H24N2O4S2/c1-13(2)14-7-9-15(10-8-14)18(19)12-20-26(23,24)17-6-4-5-16(11-17)25(3,21)22/h4-11,13,18,20H,12,19H2,1-3H3. The molecule has 0 bridgehead atoms. The molecule has 2 aromatic rings. The highest BCUT2D eigenvalue weighted by atomic mass is 32.2. The second kappa shape index (κ2) is 7.87. The summed E-state index contributed by atoms with van der Waals surface area (Å²) in [6.45, 7) is 4.19. The van der Waals surface area contributed by atoms with Crippen molar-refractivity contribution in [2.24, 2.45) is 5.73 Å². The zero-order chi connectivity index (χ0) is 19.5. The summed E-state index contributed by atoms with van der Waals surface area (Å²) in [7, 11) is -7.35. The van der Waals surface area contributed by atoms with Crippen molar-refractivity contribution in [3.63, 3.8) is 0 Å². The monoisotopic (exact) mass is 396 g/mol. The predicted molar refractivity (Wildman–Crippen MR) is 102 cm³/mol. The third kappa shape index (κ3) is 5.14. The molecule has 1 atom stereocenters. The van der Waals surface area contributed by atoms with Gasteiger partial charge in [-0.15, -0.1) is 0 Å². The molecule has 0 aliphatic carbocycles. The molecule has 0 heterocycles. The maximum atomic E-state index is 12.4. The van der Waals surface area contributed by atoms with Crippen LogP contribution in [0.3, 0.4) is 0 Å². The van der Waals surface area contributed by atoms with Crippen molar-refractivity contribution in [1.82, 2.24) is 4.72 Å². The van der Waals surface area contributed by atoms with E-state index in [4.69, 9.17) is 5.73 Å². The zero-order valence-corrected chi connectivity index (χ0v) is 16.6.